The number of ether oxygens (including phenoxy) is 2. The van der Waals surface area contributed by atoms with Gasteiger partial charge in [-0.1, -0.05) is 0 Å². The molecule has 1 heterocycles. The highest BCUT2D eigenvalue weighted by molar-refractivity contribution is 5.83. The van der Waals surface area contributed by atoms with E-state index in [0.717, 1.165) is 18.7 Å². The summed E-state index contributed by atoms with van der Waals surface area (Å²) in [6.45, 7) is 2.39. The second-order valence-corrected chi connectivity index (χ2v) is 4.89. The Labute approximate surface area is 124 Å². The van der Waals surface area contributed by atoms with E-state index in [2.05, 4.69) is 15.4 Å². The summed E-state index contributed by atoms with van der Waals surface area (Å²) in [5, 5.41) is 3.97. The zero-order valence-corrected chi connectivity index (χ0v) is 12.5. The molecule has 1 fully saturated rings. The molecule has 1 aliphatic heterocycles. The molecule has 0 saturated carbocycles. The fraction of sp³-hybridized carbons (Fsp3) is 0.467. The summed E-state index contributed by atoms with van der Waals surface area (Å²) in [4.78, 5) is 13.8. The van der Waals surface area contributed by atoms with Crippen molar-refractivity contribution in [2.24, 2.45) is 5.10 Å². The number of benzene rings is 1. The van der Waals surface area contributed by atoms with Crippen molar-refractivity contribution in [3.8, 4) is 11.5 Å². The van der Waals surface area contributed by atoms with Gasteiger partial charge in [0.05, 0.1) is 27.0 Å². The van der Waals surface area contributed by atoms with Crippen molar-refractivity contribution in [2.75, 3.05) is 33.9 Å². The molecule has 0 spiro atoms. The lowest BCUT2D eigenvalue weighted by Gasteiger charge is -2.12. The minimum Gasteiger partial charge on any atom is -0.493 e. The normalized spacial score (nSPS) is 15.3. The van der Waals surface area contributed by atoms with Gasteiger partial charge in [-0.25, -0.2) is 5.43 Å². The summed E-state index contributed by atoms with van der Waals surface area (Å²) in [6, 6.07) is 5.44. The first-order chi connectivity index (χ1) is 10.2. The highest BCUT2D eigenvalue weighted by Gasteiger charge is 2.14. The number of nitrogens with zero attached hydrogens (tertiary/aromatic N) is 2. The van der Waals surface area contributed by atoms with Crippen LogP contribution in [0.5, 0.6) is 11.5 Å². The number of likely N-dealkylation sites (tertiary alicyclic amines) is 1. The first-order valence-corrected chi connectivity index (χ1v) is 6.99. The quantitative estimate of drug-likeness (QED) is 0.633. The largest absolute Gasteiger partial charge is 0.493 e. The van der Waals surface area contributed by atoms with Crippen molar-refractivity contribution in [1.82, 2.24) is 10.3 Å². The highest BCUT2D eigenvalue weighted by atomic mass is 16.5. The summed E-state index contributed by atoms with van der Waals surface area (Å²) in [6.07, 6.45) is 3.92. The van der Waals surface area contributed by atoms with Crippen LogP contribution in [0.1, 0.15) is 18.4 Å². The number of methoxy groups -OCH3 is 2. The second kappa shape index (κ2) is 7.64. The number of carbonyl (C=O) groups is 1. The van der Waals surface area contributed by atoms with E-state index in [1.165, 1.54) is 12.8 Å². The van der Waals surface area contributed by atoms with Crippen molar-refractivity contribution in [2.45, 2.75) is 12.8 Å². The smallest absolute Gasteiger partial charge is 0.254 e. The van der Waals surface area contributed by atoms with Crippen molar-refractivity contribution >= 4 is 12.1 Å². The maximum absolute atomic E-state index is 11.7. The Bertz CT molecular complexity index is 511. The van der Waals surface area contributed by atoms with Gasteiger partial charge in [0, 0.05) is 0 Å². The fourth-order valence-corrected chi connectivity index (χ4v) is 2.29. The standard InChI is InChI=1S/C15H21N3O3/c1-20-13-6-5-12(9-14(13)21-2)10-16-17-15(19)11-18-7-3-4-8-18/h5-6,9-10H,3-4,7-8,11H2,1-2H3,(H,17,19)/b16-10+. The summed E-state index contributed by atoms with van der Waals surface area (Å²) >= 11 is 0. The molecule has 114 valence electrons. The molecule has 1 aromatic carbocycles. The van der Waals surface area contributed by atoms with Crippen molar-refractivity contribution in [3.63, 3.8) is 0 Å². The van der Waals surface area contributed by atoms with Crippen LogP contribution in [-0.2, 0) is 4.79 Å². The van der Waals surface area contributed by atoms with Crippen LogP contribution >= 0.6 is 0 Å². The van der Waals surface area contributed by atoms with Gasteiger partial charge in [-0.3, -0.25) is 9.69 Å². The average molecular weight is 291 g/mol. The van der Waals surface area contributed by atoms with Gasteiger partial charge in [-0.15, -0.1) is 0 Å². The summed E-state index contributed by atoms with van der Waals surface area (Å²) in [5.41, 5.74) is 3.37. The molecule has 6 heteroatoms. The van der Waals surface area contributed by atoms with E-state index in [1.54, 1.807) is 32.6 Å². The van der Waals surface area contributed by atoms with Gasteiger partial charge in [0.2, 0.25) is 0 Å². The lowest BCUT2D eigenvalue weighted by atomic mass is 10.2. The third-order valence-corrected chi connectivity index (χ3v) is 3.38. The summed E-state index contributed by atoms with van der Waals surface area (Å²) in [7, 11) is 3.17. The van der Waals surface area contributed by atoms with Crippen molar-refractivity contribution < 1.29 is 14.3 Å². The van der Waals surface area contributed by atoms with Crippen LogP contribution in [0.4, 0.5) is 0 Å². The first-order valence-electron chi connectivity index (χ1n) is 6.99. The number of nitrogens with one attached hydrogen (secondary N) is 1. The molecule has 1 amide bonds. The predicted octanol–water partition coefficient (Wildman–Crippen LogP) is 1.25. The molecular weight excluding hydrogens is 270 g/mol. The second-order valence-electron chi connectivity index (χ2n) is 4.89. The van der Waals surface area contributed by atoms with Crippen LogP contribution < -0.4 is 14.9 Å². The zero-order valence-electron chi connectivity index (χ0n) is 12.5. The van der Waals surface area contributed by atoms with Crippen LogP contribution in [0.15, 0.2) is 23.3 Å². The van der Waals surface area contributed by atoms with Crippen LogP contribution in [0.2, 0.25) is 0 Å². The fourth-order valence-electron chi connectivity index (χ4n) is 2.29. The number of hydrogen-bond donors (Lipinski definition) is 1. The Hall–Kier alpha value is -2.08. The lowest BCUT2D eigenvalue weighted by molar-refractivity contribution is -0.121. The molecule has 0 aliphatic carbocycles. The Morgan fingerprint density at radius 1 is 1.29 bits per heavy atom. The van der Waals surface area contributed by atoms with E-state index in [-0.39, 0.29) is 5.91 Å². The third kappa shape index (κ3) is 4.46. The molecule has 1 aromatic rings. The molecule has 21 heavy (non-hydrogen) atoms. The van der Waals surface area contributed by atoms with Crippen LogP contribution in [0.3, 0.4) is 0 Å². The molecule has 1 N–H and O–H groups in total. The van der Waals surface area contributed by atoms with E-state index in [0.29, 0.717) is 18.0 Å². The van der Waals surface area contributed by atoms with Crippen LogP contribution in [0, 0.1) is 0 Å². The third-order valence-electron chi connectivity index (χ3n) is 3.38. The molecule has 1 saturated heterocycles. The van der Waals surface area contributed by atoms with Crippen LogP contribution in [0.25, 0.3) is 0 Å². The number of hydrogen-bond acceptors (Lipinski definition) is 5. The SMILES string of the molecule is COc1ccc(/C=N/NC(=O)CN2CCCC2)cc1OC. The molecule has 0 bridgehead atoms. The molecule has 0 radical (unpaired) electrons. The van der Waals surface area contributed by atoms with Gasteiger partial charge in [0.15, 0.2) is 11.5 Å². The van der Waals surface area contributed by atoms with Crippen molar-refractivity contribution in [1.29, 1.82) is 0 Å². The predicted molar refractivity (Wildman–Crippen MR) is 81.0 cm³/mol. The lowest BCUT2D eigenvalue weighted by Crippen LogP contribution is -2.33. The number of rotatable bonds is 6. The first kappa shape index (κ1) is 15.3. The van der Waals surface area contributed by atoms with Gasteiger partial charge in [0.25, 0.3) is 5.91 Å². The molecule has 0 atom stereocenters. The highest BCUT2D eigenvalue weighted by Crippen LogP contribution is 2.26. The molecule has 1 aliphatic rings. The summed E-state index contributed by atoms with van der Waals surface area (Å²) in [5.74, 6) is 1.20. The Kier molecular flexibility index (Phi) is 5.57. The number of hydrazone groups is 1. The number of carbonyl (C=O) groups excluding carboxylic acids is 1. The van der Waals surface area contributed by atoms with Crippen LogP contribution in [-0.4, -0.2) is 50.9 Å². The van der Waals surface area contributed by atoms with E-state index in [1.807, 2.05) is 6.07 Å². The van der Waals surface area contributed by atoms with Gasteiger partial charge in [-0.05, 0) is 49.7 Å². The molecular formula is C15H21N3O3. The molecule has 6 nitrogen and oxygen atoms in total. The minimum absolute atomic E-state index is 0.0892. The maximum Gasteiger partial charge on any atom is 0.254 e. The Balaban J connectivity index is 1.87. The zero-order chi connectivity index (χ0) is 15.1. The monoisotopic (exact) mass is 291 g/mol. The average Bonchev–Trinajstić information content (AvgIpc) is 2.99. The van der Waals surface area contributed by atoms with Gasteiger partial charge >= 0.3 is 0 Å². The Morgan fingerprint density at radius 2 is 2.00 bits per heavy atom. The van der Waals surface area contributed by atoms with Gasteiger partial charge < -0.3 is 9.47 Å². The van der Waals surface area contributed by atoms with Crippen molar-refractivity contribution in [3.05, 3.63) is 23.8 Å². The minimum atomic E-state index is -0.0892. The summed E-state index contributed by atoms with van der Waals surface area (Å²) < 4.78 is 10.4. The van der Waals surface area contributed by atoms with E-state index < -0.39 is 0 Å². The van der Waals surface area contributed by atoms with Gasteiger partial charge in [0.1, 0.15) is 0 Å². The molecule has 2 rings (SSSR count). The Morgan fingerprint density at radius 3 is 2.67 bits per heavy atom. The van der Waals surface area contributed by atoms with E-state index >= 15 is 0 Å². The maximum atomic E-state index is 11.7. The number of amides is 1. The van der Waals surface area contributed by atoms with E-state index in [9.17, 15) is 4.79 Å². The molecule has 0 unspecified atom stereocenters. The van der Waals surface area contributed by atoms with Gasteiger partial charge in [-0.2, -0.15) is 5.10 Å². The molecule has 0 aromatic heterocycles. The topological polar surface area (TPSA) is 63.2 Å². The van der Waals surface area contributed by atoms with E-state index in [4.69, 9.17) is 9.47 Å².